The number of rotatable bonds is 3. The van der Waals surface area contributed by atoms with E-state index in [-0.39, 0.29) is 10.6 Å². The third-order valence-electron chi connectivity index (χ3n) is 1.98. The fourth-order valence-electron chi connectivity index (χ4n) is 1.33. The molecular formula is C9H11ClO5S2. The van der Waals surface area contributed by atoms with Crippen molar-refractivity contribution < 1.29 is 21.0 Å². The lowest BCUT2D eigenvalue weighted by Gasteiger charge is -2.10. The summed E-state index contributed by atoms with van der Waals surface area (Å²) in [4.78, 5) is -0.164. The maximum Gasteiger partial charge on any atom is 0.306 e. The standard InChI is InChI=1S/C9H11ClO5S2/c1-6-4-7(2)9(17(10,13)14)5-8(6)15-16(3,11)12/h4-5H,1-3H3. The fraction of sp³-hybridized carbons (Fsp3) is 0.333. The molecule has 0 fully saturated rings. The molecule has 0 aromatic heterocycles. The molecule has 0 aliphatic heterocycles. The third-order valence-corrected chi connectivity index (χ3v) is 3.92. The van der Waals surface area contributed by atoms with Crippen LogP contribution in [0.25, 0.3) is 0 Å². The normalized spacial score (nSPS) is 12.5. The van der Waals surface area contributed by atoms with E-state index in [9.17, 15) is 16.8 Å². The topological polar surface area (TPSA) is 77.5 Å². The van der Waals surface area contributed by atoms with E-state index in [1.54, 1.807) is 13.8 Å². The van der Waals surface area contributed by atoms with Crippen molar-refractivity contribution in [1.82, 2.24) is 0 Å². The zero-order valence-electron chi connectivity index (χ0n) is 9.39. The molecule has 1 aromatic carbocycles. The Bertz CT molecular complexity index is 646. The van der Waals surface area contributed by atoms with Crippen molar-refractivity contribution in [3.63, 3.8) is 0 Å². The van der Waals surface area contributed by atoms with E-state index in [0.29, 0.717) is 11.1 Å². The highest BCUT2D eigenvalue weighted by molar-refractivity contribution is 8.13. The highest BCUT2D eigenvalue weighted by Gasteiger charge is 2.18. The van der Waals surface area contributed by atoms with Crippen LogP contribution in [0.4, 0.5) is 0 Å². The third kappa shape index (κ3) is 3.86. The Morgan fingerprint density at radius 2 is 1.59 bits per heavy atom. The van der Waals surface area contributed by atoms with Gasteiger partial charge in [-0.3, -0.25) is 0 Å². The zero-order chi connectivity index (χ0) is 13.4. The highest BCUT2D eigenvalue weighted by atomic mass is 35.7. The SMILES string of the molecule is Cc1cc(C)c(S(=O)(=O)Cl)cc1OS(C)(=O)=O. The van der Waals surface area contributed by atoms with Gasteiger partial charge in [-0.05, 0) is 25.0 Å². The lowest BCUT2D eigenvalue weighted by Crippen LogP contribution is -2.08. The molecule has 1 aromatic rings. The monoisotopic (exact) mass is 298 g/mol. The first-order valence-electron chi connectivity index (χ1n) is 4.46. The van der Waals surface area contributed by atoms with Gasteiger partial charge in [-0.1, -0.05) is 6.07 Å². The molecular weight excluding hydrogens is 288 g/mol. The molecule has 96 valence electrons. The Hall–Kier alpha value is -0.790. The summed E-state index contributed by atoms with van der Waals surface area (Å²) in [6.45, 7) is 3.17. The van der Waals surface area contributed by atoms with Gasteiger partial charge in [0.25, 0.3) is 9.05 Å². The largest absolute Gasteiger partial charge is 0.382 e. The molecule has 0 unspecified atom stereocenters. The number of hydrogen-bond donors (Lipinski definition) is 0. The summed E-state index contributed by atoms with van der Waals surface area (Å²) in [5.41, 5.74) is 0.940. The van der Waals surface area contributed by atoms with E-state index in [1.807, 2.05) is 0 Å². The number of hydrogen-bond acceptors (Lipinski definition) is 5. The molecule has 0 bridgehead atoms. The lowest BCUT2D eigenvalue weighted by atomic mass is 10.1. The molecule has 0 aliphatic carbocycles. The van der Waals surface area contributed by atoms with Crippen molar-refractivity contribution in [1.29, 1.82) is 0 Å². The summed E-state index contributed by atoms with van der Waals surface area (Å²) < 4.78 is 49.1. The van der Waals surface area contributed by atoms with Crippen molar-refractivity contribution in [3.05, 3.63) is 23.3 Å². The Morgan fingerprint density at radius 3 is 2.00 bits per heavy atom. The molecule has 0 atom stereocenters. The van der Waals surface area contributed by atoms with Gasteiger partial charge in [0.15, 0.2) is 0 Å². The number of halogens is 1. The van der Waals surface area contributed by atoms with Gasteiger partial charge in [-0.15, -0.1) is 0 Å². The zero-order valence-corrected chi connectivity index (χ0v) is 11.8. The second-order valence-corrected chi connectivity index (χ2v) is 7.72. The molecule has 0 aliphatic rings. The van der Waals surface area contributed by atoms with E-state index in [1.165, 1.54) is 6.07 Å². The summed E-state index contributed by atoms with van der Waals surface area (Å²) in [7, 11) is -2.42. The van der Waals surface area contributed by atoms with Crippen LogP contribution in [-0.2, 0) is 19.2 Å². The Balaban J connectivity index is 3.45. The Morgan fingerprint density at radius 1 is 1.06 bits per heavy atom. The summed E-state index contributed by atoms with van der Waals surface area (Å²) in [5.74, 6) is -0.0441. The minimum Gasteiger partial charge on any atom is -0.382 e. The van der Waals surface area contributed by atoms with Crippen LogP contribution in [0.5, 0.6) is 5.75 Å². The molecule has 0 saturated heterocycles. The molecule has 1 rings (SSSR count). The van der Waals surface area contributed by atoms with Gasteiger partial charge in [0.2, 0.25) is 0 Å². The summed E-state index contributed by atoms with van der Waals surface area (Å²) in [5, 5.41) is 0. The predicted octanol–water partition coefficient (Wildman–Crippen LogP) is 1.57. The predicted molar refractivity (Wildman–Crippen MR) is 64.4 cm³/mol. The quantitative estimate of drug-likeness (QED) is 0.625. The average molecular weight is 299 g/mol. The van der Waals surface area contributed by atoms with Crippen molar-refractivity contribution in [2.75, 3.05) is 6.26 Å². The van der Waals surface area contributed by atoms with Crippen LogP contribution in [0.1, 0.15) is 11.1 Å². The highest BCUT2D eigenvalue weighted by Crippen LogP contribution is 2.28. The number of benzene rings is 1. The molecule has 8 heteroatoms. The van der Waals surface area contributed by atoms with E-state index >= 15 is 0 Å². The molecule has 17 heavy (non-hydrogen) atoms. The van der Waals surface area contributed by atoms with Crippen molar-refractivity contribution in [3.8, 4) is 5.75 Å². The van der Waals surface area contributed by atoms with Crippen molar-refractivity contribution in [2.24, 2.45) is 0 Å². The summed E-state index contributed by atoms with van der Waals surface area (Å²) >= 11 is 0. The minimum absolute atomic E-state index is 0.0441. The van der Waals surface area contributed by atoms with Crippen LogP contribution in [0.2, 0.25) is 0 Å². The molecule has 0 heterocycles. The molecule has 0 amide bonds. The van der Waals surface area contributed by atoms with Gasteiger partial charge in [0.1, 0.15) is 5.75 Å². The maximum absolute atomic E-state index is 11.2. The van der Waals surface area contributed by atoms with Crippen LogP contribution in [0.15, 0.2) is 17.0 Å². The minimum atomic E-state index is -3.93. The first-order chi connectivity index (χ1) is 7.50. The second kappa shape index (κ2) is 4.47. The van der Waals surface area contributed by atoms with Gasteiger partial charge >= 0.3 is 10.1 Å². The Labute approximate surface area is 105 Å². The fourth-order valence-corrected chi connectivity index (χ4v) is 3.03. The van der Waals surface area contributed by atoms with E-state index in [0.717, 1.165) is 12.3 Å². The molecule has 0 spiro atoms. The van der Waals surface area contributed by atoms with E-state index < -0.39 is 19.2 Å². The van der Waals surface area contributed by atoms with Crippen LogP contribution >= 0.6 is 10.7 Å². The average Bonchev–Trinajstić information content (AvgIpc) is 2.05. The first-order valence-corrected chi connectivity index (χ1v) is 8.58. The molecule has 0 radical (unpaired) electrons. The van der Waals surface area contributed by atoms with Crippen LogP contribution in [0.3, 0.4) is 0 Å². The maximum atomic E-state index is 11.2. The second-order valence-electron chi connectivity index (χ2n) is 3.61. The first kappa shape index (κ1) is 14.3. The van der Waals surface area contributed by atoms with Crippen molar-refractivity contribution in [2.45, 2.75) is 18.7 Å². The smallest absolute Gasteiger partial charge is 0.306 e. The van der Waals surface area contributed by atoms with Gasteiger partial charge in [-0.25, -0.2) is 8.42 Å². The van der Waals surface area contributed by atoms with Crippen molar-refractivity contribution >= 4 is 29.9 Å². The van der Waals surface area contributed by atoms with Gasteiger partial charge in [0.05, 0.1) is 11.2 Å². The Kier molecular flexibility index (Phi) is 3.75. The van der Waals surface area contributed by atoms with Gasteiger partial charge < -0.3 is 4.18 Å². The molecule has 0 saturated carbocycles. The summed E-state index contributed by atoms with van der Waals surface area (Å²) in [6, 6.07) is 2.60. The van der Waals surface area contributed by atoms with Crippen LogP contribution < -0.4 is 4.18 Å². The molecule has 0 N–H and O–H groups in total. The molecule has 5 nitrogen and oxygen atoms in total. The lowest BCUT2D eigenvalue weighted by molar-refractivity contribution is 0.489. The van der Waals surface area contributed by atoms with Crippen LogP contribution in [-0.4, -0.2) is 23.1 Å². The summed E-state index contributed by atoms with van der Waals surface area (Å²) in [6.07, 6.45) is 0.876. The van der Waals surface area contributed by atoms with E-state index in [4.69, 9.17) is 10.7 Å². The van der Waals surface area contributed by atoms with Gasteiger partial charge in [0, 0.05) is 16.7 Å². The van der Waals surface area contributed by atoms with Gasteiger partial charge in [-0.2, -0.15) is 8.42 Å². The number of aryl methyl sites for hydroxylation is 2. The van der Waals surface area contributed by atoms with Crippen LogP contribution in [0, 0.1) is 13.8 Å². The van der Waals surface area contributed by atoms with E-state index in [2.05, 4.69) is 4.18 Å².